The molecule has 1 fully saturated rings. The maximum absolute atomic E-state index is 10.6. The van der Waals surface area contributed by atoms with E-state index in [-0.39, 0.29) is 0 Å². The topological polar surface area (TPSA) is 103 Å². The molecule has 3 aromatic rings. The summed E-state index contributed by atoms with van der Waals surface area (Å²) in [6.45, 7) is 4.72. The molecule has 8 nitrogen and oxygen atoms in total. The van der Waals surface area contributed by atoms with Gasteiger partial charge in [0.1, 0.15) is 5.82 Å². The molecule has 1 aliphatic heterocycles. The van der Waals surface area contributed by atoms with Crippen LogP contribution in [-0.2, 0) is 11.3 Å². The highest BCUT2D eigenvalue weighted by atomic mass is 32.1. The van der Waals surface area contributed by atoms with E-state index in [1.165, 1.54) is 0 Å². The van der Waals surface area contributed by atoms with Crippen molar-refractivity contribution in [1.29, 1.82) is 0 Å². The molecule has 12 heteroatoms. The lowest BCUT2D eigenvalue weighted by atomic mass is 10.2. The Kier molecular flexibility index (Phi) is 8.55. The summed E-state index contributed by atoms with van der Waals surface area (Å²) in [6, 6.07) is 8.22. The molecular weight excluding hydrogens is 457 g/mol. The van der Waals surface area contributed by atoms with Crippen molar-refractivity contribution in [2.75, 3.05) is 36.4 Å². The van der Waals surface area contributed by atoms with Crippen LogP contribution >= 0.6 is 11.3 Å². The zero-order valence-electron chi connectivity index (χ0n) is 17.5. The van der Waals surface area contributed by atoms with Crippen LogP contribution in [0.15, 0.2) is 47.4 Å². The van der Waals surface area contributed by atoms with Gasteiger partial charge >= 0.3 is 12.1 Å². The first-order valence-electron chi connectivity index (χ1n) is 10.1. The van der Waals surface area contributed by atoms with Gasteiger partial charge in [0.25, 0.3) is 0 Å². The minimum absolute atomic E-state index is 0.654. The first-order valence-corrected chi connectivity index (χ1v) is 11.1. The zero-order valence-corrected chi connectivity index (χ0v) is 18.4. The number of hydrogen-bond donors (Lipinski definition) is 3. The number of nitrogens with zero attached hydrogens (tertiary/aromatic N) is 4. The smallest absolute Gasteiger partial charge is 0.475 e. The van der Waals surface area contributed by atoms with E-state index >= 15 is 0 Å². The first kappa shape index (κ1) is 24.4. The number of halogens is 3. The summed E-state index contributed by atoms with van der Waals surface area (Å²) in [4.78, 5) is 24.8. The number of hydrogen-bond acceptors (Lipinski definition) is 8. The van der Waals surface area contributed by atoms with Crippen molar-refractivity contribution >= 4 is 29.1 Å². The summed E-state index contributed by atoms with van der Waals surface area (Å²) in [5.74, 6) is -1.12. The van der Waals surface area contributed by atoms with Gasteiger partial charge in [-0.2, -0.15) is 29.5 Å². The third-order valence-corrected chi connectivity index (χ3v) is 5.32. The van der Waals surface area contributed by atoms with Crippen molar-refractivity contribution in [3.8, 4) is 11.3 Å². The van der Waals surface area contributed by atoms with E-state index in [1.807, 2.05) is 18.5 Å². The van der Waals surface area contributed by atoms with Crippen LogP contribution in [0, 0.1) is 0 Å². The third-order valence-electron chi connectivity index (χ3n) is 4.64. The van der Waals surface area contributed by atoms with Gasteiger partial charge in [-0.15, -0.1) is 0 Å². The molecule has 0 aromatic carbocycles. The molecule has 33 heavy (non-hydrogen) atoms. The second kappa shape index (κ2) is 11.6. The summed E-state index contributed by atoms with van der Waals surface area (Å²) >= 11 is 1.68. The molecule has 0 atom stereocenters. The molecule has 0 spiro atoms. The van der Waals surface area contributed by atoms with Gasteiger partial charge in [0.2, 0.25) is 5.95 Å². The van der Waals surface area contributed by atoms with E-state index in [9.17, 15) is 13.2 Å². The number of pyridine rings is 1. The summed E-state index contributed by atoms with van der Waals surface area (Å²) < 4.78 is 31.7. The average molecular weight is 481 g/mol. The lowest BCUT2D eigenvalue weighted by Crippen LogP contribution is -2.28. The van der Waals surface area contributed by atoms with Crippen LogP contribution < -0.4 is 15.5 Å². The van der Waals surface area contributed by atoms with Crippen molar-refractivity contribution < 1.29 is 23.1 Å². The van der Waals surface area contributed by atoms with Gasteiger partial charge in [-0.25, -0.2) is 9.78 Å². The van der Waals surface area contributed by atoms with Crippen LogP contribution in [0.4, 0.5) is 24.9 Å². The second-order valence-corrected chi connectivity index (χ2v) is 7.83. The molecule has 0 saturated carbocycles. The lowest BCUT2D eigenvalue weighted by Gasteiger charge is -2.21. The van der Waals surface area contributed by atoms with E-state index in [1.54, 1.807) is 11.3 Å². The maximum Gasteiger partial charge on any atom is 0.490 e. The number of rotatable bonds is 5. The Morgan fingerprint density at radius 2 is 2.00 bits per heavy atom. The van der Waals surface area contributed by atoms with Crippen LogP contribution in [0.25, 0.3) is 11.3 Å². The Balaban J connectivity index is 0.000000383. The standard InChI is InChI=1S/C19H22N6S.C2HF3O2/c1-6-20-8-10-25(9-1)18-4-7-21-19(24-18)23-13-15-2-3-17(22-12-15)16-5-11-26-14-16;3-2(4,5)1(6)7/h2-5,7,11-12,14,20H,1,6,8-10,13H2,(H,21,23,24);(H,6,7). The highest BCUT2D eigenvalue weighted by molar-refractivity contribution is 7.08. The van der Waals surface area contributed by atoms with Crippen molar-refractivity contribution in [3.63, 3.8) is 0 Å². The number of thiophene rings is 1. The molecule has 0 amide bonds. The lowest BCUT2D eigenvalue weighted by molar-refractivity contribution is -0.192. The summed E-state index contributed by atoms with van der Waals surface area (Å²) in [6.07, 6.45) is -0.222. The van der Waals surface area contributed by atoms with Gasteiger partial charge < -0.3 is 20.6 Å². The van der Waals surface area contributed by atoms with Crippen molar-refractivity contribution in [2.24, 2.45) is 0 Å². The largest absolute Gasteiger partial charge is 0.490 e. The van der Waals surface area contributed by atoms with Gasteiger partial charge in [-0.1, -0.05) is 6.07 Å². The number of carbonyl (C=O) groups is 1. The zero-order chi connectivity index (χ0) is 23.7. The van der Waals surface area contributed by atoms with Crippen LogP contribution in [-0.4, -0.2) is 58.4 Å². The monoisotopic (exact) mass is 480 g/mol. The molecule has 0 radical (unpaired) electrons. The third kappa shape index (κ3) is 7.68. The van der Waals surface area contributed by atoms with Crippen LogP contribution in [0.5, 0.6) is 0 Å². The Labute approximate surface area is 192 Å². The number of carboxylic acids is 1. The number of aromatic nitrogens is 3. The van der Waals surface area contributed by atoms with E-state index in [0.29, 0.717) is 12.5 Å². The number of nitrogens with one attached hydrogen (secondary N) is 2. The van der Waals surface area contributed by atoms with Crippen molar-refractivity contribution in [2.45, 2.75) is 19.1 Å². The Morgan fingerprint density at radius 1 is 1.18 bits per heavy atom. The Hall–Kier alpha value is -3.25. The molecule has 176 valence electrons. The predicted molar refractivity (Wildman–Crippen MR) is 120 cm³/mol. The minimum atomic E-state index is -5.08. The highest BCUT2D eigenvalue weighted by Gasteiger charge is 2.38. The second-order valence-electron chi connectivity index (χ2n) is 7.05. The van der Waals surface area contributed by atoms with E-state index in [2.05, 4.69) is 59.4 Å². The maximum atomic E-state index is 10.6. The molecule has 4 heterocycles. The minimum Gasteiger partial charge on any atom is -0.475 e. The summed E-state index contributed by atoms with van der Waals surface area (Å²) in [5, 5.41) is 18.0. The van der Waals surface area contributed by atoms with E-state index in [4.69, 9.17) is 9.90 Å². The van der Waals surface area contributed by atoms with E-state index < -0.39 is 12.1 Å². The van der Waals surface area contributed by atoms with Crippen molar-refractivity contribution in [1.82, 2.24) is 20.3 Å². The molecule has 3 aromatic heterocycles. The normalized spacial score (nSPS) is 14.1. The molecule has 3 N–H and O–H groups in total. The first-order chi connectivity index (χ1) is 15.8. The average Bonchev–Trinajstić information content (AvgIpc) is 3.20. The van der Waals surface area contributed by atoms with Gasteiger partial charge in [0.15, 0.2) is 0 Å². The fourth-order valence-corrected chi connectivity index (χ4v) is 3.63. The number of anilines is 2. The number of aliphatic carboxylic acids is 1. The number of alkyl halides is 3. The Bertz CT molecular complexity index is 1010. The van der Waals surface area contributed by atoms with E-state index in [0.717, 1.165) is 55.2 Å². The molecule has 1 aliphatic rings. The van der Waals surface area contributed by atoms with Gasteiger partial charge in [0, 0.05) is 49.5 Å². The fraction of sp³-hybridized carbons (Fsp3) is 0.333. The quantitative estimate of drug-likeness (QED) is 0.509. The van der Waals surface area contributed by atoms with Crippen LogP contribution in [0.3, 0.4) is 0 Å². The molecule has 0 bridgehead atoms. The molecule has 0 aliphatic carbocycles. The van der Waals surface area contributed by atoms with Crippen molar-refractivity contribution in [3.05, 3.63) is 53.0 Å². The van der Waals surface area contributed by atoms with Gasteiger partial charge in [0.05, 0.1) is 5.69 Å². The molecule has 0 unspecified atom stereocenters. The van der Waals surface area contributed by atoms with Crippen LogP contribution in [0.2, 0.25) is 0 Å². The number of carboxylic acid groups (broad SMARTS) is 1. The van der Waals surface area contributed by atoms with Crippen LogP contribution in [0.1, 0.15) is 12.0 Å². The van der Waals surface area contributed by atoms with Gasteiger partial charge in [-0.3, -0.25) is 4.98 Å². The SMILES string of the molecule is O=C(O)C(F)(F)F.c1cc(N2CCCNCC2)nc(NCc2ccc(-c3ccsc3)nc2)n1. The molecule has 4 rings (SSSR count). The Morgan fingerprint density at radius 3 is 2.67 bits per heavy atom. The molecular formula is C21H23F3N6O2S. The predicted octanol–water partition coefficient (Wildman–Crippen LogP) is 3.65. The summed E-state index contributed by atoms with van der Waals surface area (Å²) in [5.41, 5.74) is 3.28. The summed E-state index contributed by atoms with van der Waals surface area (Å²) in [7, 11) is 0. The van der Waals surface area contributed by atoms with Gasteiger partial charge in [-0.05, 0) is 42.1 Å². The molecule has 1 saturated heterocycles. The highest BCUT2D eigenvalue weighted by Crippen LogP contribution is 2.20. The fourth-order valence-electron chi connectivity index (χ4n) is 2.98.